The molecule has 0 radical (unpaired) electrons. The van der Waals surface area contributed by atoms with Gasteiger partial charge in [-0.1, -0.05) is 54.6 Å². The molecular formula is C29H25N3O3S. The lowest BCUT2D eigenvalue weighted by Gasteiger charge is -2.17. The topological polar surface area (TPSA) is 92.0 Å². The Balaban J connectivity index is 1.69. The number of nitriles is 1. The number of rotatable bonds is 7. The van der Waals surface area contributed by atoms with E-state index in [0.29, 0.717) is 22.6 Å². The van der Waals surface area contributed by atoms with Crippen molar-refractivity contribution in [2.45, 2.75) is 24.9 Å². The number of nitrogens with one attached hydrogen (secondary N) is 1. The van der Waals surface area contributed by atoms with Crippen molar-refractivity contribution >= 4 is 16.7 Å². The number of hydrogen-bond acceptors (Lipinski definition) is 4. The maximum absolute atomic E-state index is 13.5. The highest BCUT2D eigenvalue weighted by atomic mass is 32.2. The minimum absolute atomic E-state index is 0.0550. The summed E-state index contributed by atoms with van der Waals surface area (Å²) in [6, 6.07) is 25.8. The van der Waals surface area contributed by atoms with Gasteiger partial charge in [-0.15, -0.1) is 0 Å². The largest absolute Gasteiger partial charge is 0.348 e. The third kappa shape index (κ3) is 5.51. The third-order valence-electron chi connectivity index (χ3n) is 6.00. The summed E-state index contributed by atoms with van der Waals surface area (Å²) in [5.41, 5.74) is 4.04. The number of carbonyl (C=O) groups excluding carboxylic acids is 1. The van der Waals surface area contributed by atoms with Gasteiger partial charge in [0.15, 0.2) is 0 Å². The molecule has 1 N–H and O–H groups in total. The summed E-state index contributed by atoms with van der Waals surface area (Å²) in [6.07, 6.45) is 3.21. The molecule has 180 valence electrons. The lowest BCUT2D eigenvalue weighted by Crippen LogP contribution is -2.31. The van der Waals surface area contributed by atoms with Crippen LogP contribution in [0.4, 0.5) is 0 Å². The molecule has 7 heteroatoms. The molecule has 6 nitrogen and oxygen atoms in total. The van der Waals surface area contributed by atoms with Crippen molar-refractivity contribution < 1.29 is 9.00 Å². The second kappa shape index (κ2) is 11.0. The standard InChI is InChI=1S/C29H25N3O3S/c1-20-27(24-6-4-3-5-7-24)28(33)26(19-32(20)18-23-10-8-21(16-30)9-11-23)29(34)31-17-22-12-14-25(15-13-22)36(2)35/h3-15,19H,17-18H2,1-2H3,(H,31,34). The van der Waals surface area contributed by atoms with Gasteiger partial charge in [0.2, 0.25) is 5.43 Å². The fourth-order valence-corrected chi connectivity index (χ4v) is 4.50. The molecule has 4 aromatic rings. The minimum atomic E-state index is -1.07. The van der Waals surface area contributed by atoms with E-state index in [1.807, 2.05) is 66.1 Å². The van der Waals surface area contributed by atoms with Gasteiger partial charge in [-0.2, -0.15) is 5.26 Å². The van der Waals surface area contributed by atoms with Gasteiger partial charge in [-0.05, 0) is 47.9 Å². The van der Waals surface area contributed by atoms with Gasteiger partial charge in [0.1, 0.15) is 5.56 Å². The van der Waals surface area contributed by atoms with Crippen molar-refractivity contribution in [3.63, 3.8) is 0 Å². The fourth-order valence-electron chi connectivity index (χ4n) is 3.98. The van der Waals surface area contributed by atoms with Crippen LogP contribution in [0.3, 0.4) is 0 Å². The summed E-state index contributed by atoms with van der Waals surface area (Å²) in [5, 5.41) is 11.9. The highest BCUT2D eigenvalue weighted by Crippen LogP contribution is 2.21. The molecule has 0 fully saturated rings. The Morgan fingerprint density at radius 1 is 0.972 bits per heavy atom. The van der Waals surface area contributed by atoms with Crippen molar-refractivity contribution in [2.75, 3.05) is 6.26 Å². The van der Waals surface area contributed by atoms with Gasteiger partial charge in [0, 0.05) is 52.5 Å². The van der Waals surface area contributed by atoms with E-state index in [0.717, 1.165) is 22.4 Å². The highest BCUT2D eigenvalue weighted by molar-refractivity contribution is 7.84. The molecule has 0 bridgehead atoms. The summed E-state index contributed by atoms with van der Waals surface area (Å²) >= 11 is 0. The van der Waals surface area contributed by atoms with E-state index in [1.165, 1.54) is 0 Å². The van der Waals surface area contributed by atoms with Crippen molar-refractivity contribution in [3.05, 3.63) is 123 Å². The van der Waals surface area contributed by atoms with Gasteiger partial charge >= 0.3 is 0 Å². The first-order valence-corrected chi connectivity index (χ1v) is 12.9. The molecule has 1 aromatic heterocycles. The van der Waals surface area contributed by atoms with Crippen molar-refractivity contribution in [1.29, 1.82) is 5.26 Å². The van der Waals surface area contributed by atoms with Gasteiger partial charge in [0.25, 0.3) is 5.91 Å². The van der Waals surface area contributed by atoms with Gasteiger partial charge in [-0.3, -0.25) is 13.8 Å². The summed E-state index contributed by atoms with van der Waals surface area (Å²) < 4.78 is 13.5. The number of amides is 1. The monoisotopic (exact) mass is 495 g/mol. The second-order valence-electron chi connectivity index (χ2n) is 8.42. The average molecular weight is 496 g/mol. The third-order valence-corrected chi connectivity index (χ3v) is 6.94. The van der Waals surface area contributed by atoms with E-state index in [4.69, 9.17) is 5.26 Å². The van der Waals surface area contributed by atoms with Crippen LogP contribution < -0.4 is 10.7 Å². The van der Waals surface area contributed by atoms with E-state index in [2.05, 4.69) is 11.4 Å². The Morgan fingerprint density at radius 2 is 1.61 bits per heavy atom. The smallest absolute Gasteiger partial charge is 0.257 e. The number of nitrogens with zero attached hydrogens (tertiary/aromatic N) is 2. The lowest BCUT2D eigenvalue weighted by atomic mass is 10.0. The van der Waals surface area contributed by atoms with Crippen molar-refractivity contribution in [3.8, 4) is 17.2 Å². The minimum Gasteiger partial charge on any atom is -0.348 e. The predicted octanol–water partition coefficient (Wildman–Crippen LogP) is 4.41. The SMILES string of the molecule is Cc1c(-c2ccccc2)c(=O)c(C(=O)NCc2ccc(S(C)=O)cc2)cn1Cc1ccc(C#N)cc1. The zero-order valence-corrected chi connectivity index (χ0v) is 20.8. The lowest BCUT2D eigenvalue weighted by molar-refractivity contribution is 0.0949. The number of aromatic nitrogens is 1. The molecule has 0 saturated carbocycles. The van der Waals surface area contributed by atoms with Gasteiger partial charge in [-0.25, -0.2) is 0 Å². The van der Waals surface area contributed by atoms with Crippen LogP contribution in [-0.2, 0) is 23.9 Å². The van der Waals surface area contributed by atoms with Crippen LogP contribution in [-0.4, -0.2) is 20.9 Å². The summed E-state index contributed by atoms with van der Waals surface area (Å²) in [5.74, 6) is -0.464. The molecule has 0 aliphatic carbocycles. The first-order chi connectivity index (χ1) is 17.4. The Morgan fingerprint density at radius 3 is 2.22 bits per heavy atom. The first kappa shape index (κ1) is 24.8. The molecule has 0 aliphatic heterocycles. The number of benzene rings is 3. The Bertz CT molecular complexity index is 1520. The molecule has 0 spiro atoms. The van der Waals surface area contributed by atoms with Gasteiger partial charge in [0.05, 0.1) is 11.6 Å². The van der Waals surface area contributed by atoms with Crippen molar-refractivity contribution in [2.24, 2.45) is 0 Å². The normalized spacial score (nSPS) is 11.5. The van der Waals surface area contributed by atoms with Crippen LogP contribution in [0.15, 0.2) is 94.7 Å². The molecule has 1 unspecified atom stereocenters. The van der Waals surface area contributed by atoms with E-state index in [1.54, 1.807) is 36.7 Å². The molecule has 36 heavy (non-hydrogen) atoms. The van der Waals surface area contributed by atoms with Crippen LogP contribution >= 0.6 is 0 Å². The van der Waals surface area contributed by atoms with Crippen LogP contribution in [0.2, 0.25) is 0 Å². The molecule has 3 aromatic carbocycles. The van der Waals surface area contributed by atoms with Crippen LogP contribution in [0.1, 0.15) is 32.7 Å². The maximum Gasteiger partial charge on any atom is 0.257 e. The van der Waals surface area contributed by atoms with Crippen LogP contribution in [0.25, 0.3) is 11.1 Å². The van der Waals surface area contributed by atoms with Crippen molar-refractivity contribution in [1.82, 2.24) is 9.88 Å². The zero-order chi connectivity index (χ0) is 25.7. The Labute approximate surface area is 212 Å². The molecule has 1 atom stereocenters. The van der Waals surface area contributed by atoms with E-state index in [-0.39, 0.29) is 17.5 Å². The molecule has 0 aliphatic rings. The quantitative estimate of drug-likeness (QED) is 0.411. The van der Waals surface area contributed by atoms with E-state index < -0.39 is 16.7 Å². The summed E-state index contributed by atoms with van der Waals surface area (Å²) in [6.45, 7) is 2.54. The van der Waals surface area contributed by atoms with E-state index in [9.17, 15) is 13.8 Å². The summed E-state index contributed by atoms with van der Waals surface area (Å²) in [7, 11) is -1.07. The molecule has 0 saturated heterocycles. The number of pyridine rings is 1. The summed E-state index contributed by atoms with van der Waals surface area (Å²) in [4.78, 5) is 27.4. The first-order valence-electron chi connectivity index (χ1n) is 11.4. The zero-order valence-electron chi connectivity index (χ0n) is 20.0. The molecule has 1 amide bonds. The second-order valence-corrected chi connectivity index (χ2v) is 9.80. The number of hydrogen-bond donors (Lipinski definition) is 1. The van der Waals surface area contributed by atoms with Crippen LogP contribution in [0, 0.1) is 18.3 Å². The molecule has 4 rings (SSSR count). The van der Waals surface area contributed by atoms with Crippen LogP contribution in [0.5, 0.6) is 0 Å². The maximum atomic E-state index is 13.5. The van der Waals surface area contributed by atoms with Gasteiger partial charge < -0.3 is 9.88 Å². The average Bonchev–Trinajstić information content (AvgIpc) is 2.90. The predicted molar refractivity (Wildman–Crippen MR) is 141 cm³/mol. The highest BCUT2D eigenvalue weighted by Gasteiger charge is 2.19. The number of carbonyl (C=O) groups is 1. The fraction of sp³-hybridized carbons (Fsp3) is 0.138. The molecular weight excluding hydrogens is 470 g/mol. The Hall–Kier alpha value is -4.28. The Kier molecular flexibility index (Phi) is 7.57. The van der Waals surface area contributed by atoms with E-state index >= 15 is 0 Å². The molecule has 1 heterocycles.